The summed E-state index contributed by atoms with van der Waals surface area (Å²) in [5.74, 6) is -0.127. The smallest absolute Gasteiger partial charge is 0.352 e. The van der Waals surface area contributed by atoms with Crippen molar-refractivity contribution >= 4 is 27.5 Å². The number of carboxylic acids is 1. The molecule has 1 fully saturated rings. The highest BCUT2D eigenvalue weighted by molar-refractivity contribution is 7.18. The molecule has 2 aromatic heterocycles. The Bertz CT molecular complexity index is 563. The number of rotatable bonds is 3. The molecule has 2 aromatic rings. The molecule has 2 heterocycles. The van der Waals surface area contributed by atoms with E-state index in [4.69, 9.17) is 0 Å². The van der Waals surface area contributed by atoms with E-state index in [-0.39, 0.29) is 0 Å². The van der Waals surface area contributed by atoms with Crippen molar-refractivity contribution in [2.45, 2.75) is 26.3 Å². The highest BCUT2D eigenvalue weighted by atomic mass is 32.1. The predicted octanol–water partition coefficient (Wildman–Crippen LogP) is 3.12. The molecule has 0 aromatic carbocycles. The van der Waals surface area contributed by atoms with Crippen molar-refractivity contribution in [3.63, 3.8) is 0 Å². The molecular weight excluding hydrogens is 222 g/mol. The minimum Gasteiger partial charge on any atom is -0.477 e. The maximum atomic E-state index is 11.2. The summed E-state index contributed by atoms with van der Waals surface area (Å²) in [6.45, 7) is 2.93. The van der Waals surface area contributed by atoms with Crippen LogP contribution in [-0.4, -0.2) is 15.6 Å². The molecule has 84 valence electrons. The van der Waals surface area contributed by atoms with Crippen LogP contribution in [0.4, 0.5) is 0 Å². The van der Waals surface area contributed by atoms with Crippen LogP contribution in [-0.2, 0) is 6.54 Å². The van der Waals surface area contributed by atoms with Gasteiger partial charge in [-0.15, -0.1) is 11.3 Å². The molecular formula is C12H13NO2S. The molecule has 1 aliphatic rings. The highest BCUT2D eigenvalue weighted by Gasteiger charge is 2.25. The van der Waals surface area contributed by atoms with Gasteiger partial charge in [-0.2, -0.15) is 0 Å². The van der Waals surface area contributed by atoms with Gasteiger partial charge in [-0.1, -0.05) is 0 Å². The van der Waals surface area contributed by atoms with Gasteiger partial charge in [-0.3, -0.25) is 0 Å². The molecule has 16 heavy (non-hydrogen) atoms. The summed E-state index contributed by atoms with van der Waals surface area (Å²) < 4.78 is 1.98. The fourth-order valence-electron chi connectivity index (χ4n) is 2.09. The number of aromatic nitrogens is 1. The van der Waals surface area contributed by atoms with E-state index >= 15 is 0 Å². The van der Waals surface area contributed by atoms with Crippen LogP contribution < -0.4 is 0 Å². The van der Waals surface area contributed by atoms with Crippen molar-refractivity contribution in [3.8, 4) is 0 Å². The SMILES string of the molecule is Cc1cc2cc(C(=O)O)n(CC3CC3)c2s1. The first-order valence-electron chi connectivity index (χ1n) is 5.48. The molecule has 0 radical (unpaired) electrons. The Kier molecular flexibility index (Phi) is 2.07. The summed E-state index contributed by atoms with van der Waals surface area (Å²) in [5, 5.41) is 10.2. The number of carbonyl (C=O) groups is 1. The topological polar surface area (TPSA) is 42.2 Å². The van der Waals surface area contributed by atoms with Crippen LogP contribution in [0.2, 0.25) is 0 Å². The molecule has 0 spiro atoms. The molecule has 3 nitrogen and oxygen atoms in total. The second kappa shape index (κ2) is 3.35. The Labute approximate surface area is 97.3 Å². The third-order valence-electron chi connectivity index (χ3n) is 3.05. The Morgan fingerprint density at radius 1 is 1.56 bits per heavy atom. The first-order chi connectivity index (χ1) is 7.65. The predicted molar refractivity (Wildman–Crippen MR) is 64.2 cm³/mol. The van der Waals surface area contributed by atoms with Crippen molar-refractivity contribution in [3.05, 3.63) is 22.7 Å². The fraction of sp³-hybridized carbons (Fsp3) is 0.417. The van der Waals surface area contributed by atoms with Crippen LogP contribution in [0.3, 0.4) is 0 Å². The minimum absolute atomic E-state index is 0.438. The van der Waals surface area contributed by atoms with E-state index in [9.17, 15) is 9.90 Å². The van der Waals surface area contributed by atoms with Crippen LogP contribution in [0.1, 0.15) is 28.2 Å². The van der Waals surface area contributed by atoms with E-state index in [2.05, 4.69) is 13.0 Å². The van der Waals surface area contributed by atoms with Crippen molar-refractivity contribution in [2.24, 2.45) is 5.92 Å². The highest BCUT2D eigenvalue weighted by Crippen LogP contribution is 2.35. The lowest BCUT2D eigenvalue weighted by atomic mass is 10.3. The molecule has 3 rings (SSSR count). The second-order valence-corrected chi connectivity index (χ2v) is 5.74. The molecule has 0 unspecified atom stereocenters. The summed E-state index contributed by atoms with van der Waals surface area (Å²) in [7, 11) is 0. The molecule has 0 saturated heterocycles. The summed E-state index contributed by atoms with van der Waals surface area (Å²) in [6.07, 6.45) is 2.48. The van der Waals surface area contributed by atoms with E-state index in [1.807, 2.05) is 4.57 Å². The van der Waals surface area contributed by atoms with E-state index < -0.39 is 5.97 Å². The Hall–Kier alpha value is -1.29. The van der Waals surface area contributed by atoms with Gasteiger partial charge in [0, 0.05) is 16.8 Å². The third-order valence-corrected chi connectivity index (χ3v) is 4.14. The van der Waals surface area contributed by atoms with Crippen molar-refractivity contribution in [1.29, 1.82) is 0 Å². The maximum Gasteiger partial charge on any atom is 0.352 e. The summed E-state index contributed by atoms with van der Waals surface area (Å²) >= 11 is 1.69. The first-order valence-corrected chi connectivity index (χ1v) is 6.30. The zero-order valence-corrected chi connectivity index (χ0v) is 9.88. The van der Waals surface area contributed by atoms with Gasteiger partial charge in [-0.05, 0) is 37.8 Å². The molecule has 0 aliphatic heterocycles. The Balaban J connectivity index is 2.15. The zero-order valence-electron chi connectivity index (χ0n) is 9.06. The number of aromatic carboxylic acids is 1. The number of thiophene rings is 1. The maximum absolute atomic E-state index is 11.2. The lowest BCUT2D eigenvalue weighted by Gasteiger charge is -2.05. The first kappa shape index (κ1) is 9.90. The molecule has 4 heteroatoms. The summed E-state index contributed by atoms with van der Waals surface area (Å²) in [5.41, 5.74) is 0.438. The van der Waals surface area contributed by atoms with Gasteiger partial charge in [-0.25, -0.2) is 4.79 Å². The minimum atomic E-state index is -0.818. The van der Waals surface area contributed by atoms with Gasteiger partial charge >= 0.3 is 5.97 Å². The van der Waals surface area contributed by atoms with Crippen LogP contribution in [0.25, 0.3) is 10.2 Å². The van der Waals surface area contributed by atoms with Crippen molar-refractivity contribution < 1.29 is 9.90 Å². The van der Waals surface area contributed by atoms with Gasteiger partial charge in [0.25, 0.3) is 0 Å². The molecule has 0 bridgehead atoms. The quantitative estimate of drug-likeness (QED) is 0.888. The van der Waals surface area contributed by atoms with E-state index in [1.165, 1.54) is 17.7 Å². The molecule has 1 aliphatic carbocycles. The van der Waals surface area contributed by atoms with Crippen LogP contribution in [0, 0.1) is 12.8 Å². The Morgan fingerprint density at radius 3 is 2.94 bits per heavy atom. The largest absolute Gasteiger partial charge is 0.477 e. The normalized spacial score (nSPS) is 15.8. The monoisotopic (exact) mass is 235 g/mol. The number of hydrogen-bond acceptors (Lipinski definition) is 2. The molecule has 0 atom stereocenters. The van der Waals surface area contributed by atoms with E-state index in [1.54, 1.807) is 17.4 Å². The van der Waals surface area contributed by atoms with Gasteiger partial charge in [0.15, 0.2) is 0 Å². The standard InChI is InChI=1S/C12H13NO2S/c1-7-4-9-5-10(12(14)15)13(11(9)16-7)6-8-2-3-8/h4-5,8H,2-3,6H2,1H3,(H,14,15). The second-order valence-electron chi connectivity index (χ2n) is 4.51. The number of nitrogens with zero attached hydrogens (tertiary/aromatic N) is 1. The lowest BCUT2D eigenvalue weighted by Crippen LogP contribution is -2.09. The third kappa shape index (κ3) is 1.53. The van der Waals surface area contributed by atoms with Crippen molar-refractivity contribution in [1.82, 2.24) is 4.57 Å². The van der Waals surface area contributed by atoms with Crippen molar-refractivity contribution in [2.75, 3.05) is 0 Å². The van der Waals surface area contributed by atoms with Gasteiger partial charge in [0.05, 0.1) is 0 Å². The van der Waals surface area contributed by atoms with Crippen LogP contribution in [0.5, 0.6) is 0 Å². The molecule has 1 N–H and O–H groups in total. The molecule has 1 saturated carbocycles. The summed E-state index contributed by atoms with van der Waals surface area (Å²) in [4.78, 5) is 13.5. The average Bonchev–Trinajstić information content (AvgIpc) is 2.86. The molecule has 0 amide bonds. The van der Waals surface area contributed by atoms with Gasteiger partial charge in [0.1, 0.15) is 10.5 Å². The summed E-state index contributed by atoms with van der Waals surface area (Å²) in [6, 6.07) is 3.86. The zero-order chi connectivity index (χ0) is 11.3. The lowest BCUT2D eigenvalue weighted by molar-refractivity contribution is 0.0685. The number of fused-ring (bicyclic) bond motifs is 1. The Morgan fingerprint density at radius 2 is 2.31 bits per heavy atom. The van der Waals surface area contributed by atoms with Gasteiger partial charge in [0.2, 0.25) is 0 Å². The average molecular weight is 235 g/mol. The number of aryl methyl sites for hydroxylation is 1. The fourth-order valence-corrected chi connectivity index (χ4v) is 3.10. The van der Waals surface area contributed by atoms with E-state index in [0.717, 1.165) is 16.8 Å². The van der Waals surface area contributed by atoms with Crippen LogP contribution in [0.15, 0.2) is 12.1 Å². The number of carboxylic acid groups (broad SMARTS) is 1. The van der Waals surface area contributed by atoms with Gasteiger partial charge < -0.3 is 9.67 Å². The van der Waals surface area contributed by atoms with Crippen LogP contribution >= 0.6 is 11.3 Å². The number of hydrogen-bond donors (Lipinski definition) is 1. The van der Waals surface area contributed by atoms with E-state index in [0.29, 0.717) is 11.6 Å².